The van der Waals surface area contributed by atoms with Gasteiger partial charge in [-0.1, -0.05) is 218 Å². The molecule has 0 aliphatic carbocycles. The number of hydrogen-bond donors (Lipinski definition) is 0. The van der Waals surface area contributed by atoms with Gasteiger partial charge in [-0.25, -0.2) is 0 Å². The minimum Gasteiger partial charge on any atom is -0.309 e. The summed E-state index contributed by atoms with van der Waals surface area (Å²) < 4.78 is 7.55. The first-order valence-electron chi connectivity index (χ1n) is 24.2. The topological polar surface area (TPSA) is 14.8 Å². The van der Waals surface area contributed by atoms with Gasteiger partial charge < -0.3 is 13.7 Å². The van der Waals surface area contributed by atoms with Crippen molar-refractivity contribution in [1.29, 1.82) is 0 Å². The number of nitrogens with zero attached hydrogens (tertiary/aromatic N) is 3. The van der Waals surface area contributed by atoms with Crippen molar-refractivity contribution in [2.45, 2.75) is 0 Å². The van der Waals surface area contributed by atoms with E-state index in [0.717, 1.165) is 28.1 Å². The molecule has 11 aromatic carbocycles. The first kappa shape index (κ1) is 40.1. The number of benzene rings is 11. The molecule has 0 saturated heterocycles. The van der Waals surface area contributed by atoms with Crippen LogP contribution in [-0.4, -0.2) is 21.8 Å². The minimum absolute atomic E-state index is 1.13. The summed E-state index contributed by atoms with van der Waals surface area (Å²) in [5.41, 5.74) is 12.9. The van der Waals surface area contributed by atoms with Gasteiger partial charge in [-0.2, -0.15) is 0 Å². The Bertz CT molecular complexity index is 4110. The lowest BCUT2D eigenvalue weighted by Gasteiger charge is -2.35. The zero-order valence-electron chi connectivity index (χ0n) is 38.3. The summed E-state index contributed by atoms with van der Waals surface area (Å²) in [6.45, 7) is 0. The molecule has 0 saturated carbocycles. The van der Waals surface area contributed by atoms with Crippen LogP contribution in [0.4, 0.5) is 0 Å². The number of aromatic nitrogens is 3. The highest BCUT2D eigenvalue weighted by Gasteiger charge is 2.43. The molecule has 0 bridgehead atoms. The van der Waals surface area contributed by atoms with E-state index in [1.54, 1.807) is 0 Å². The molecule has 3 aromatic heterocycles. The second kappa shape index (κ2) is 16.1. The lowest BCUT2D eigenvalue weighted by Crippen LogP contribution is -2.75. The molecule has 4 heteroatoms. The normalized spacial score (nSPS) is 12.0. The molecule has 0 atom stereocenters. The van der Waals surface area contributed by atoms with Gasteiger partial charge in [-0.3, -0.25) is 0 Å². The Morgan fingerprint density at radius 1 is 0.257 bits per heavy atom. The monoisotopic (exact) mass is 907 g/mol. The highest BCUT2D eigenvalue weighted by molar-refractivity contribution is 7.20. The Hall–Kier alpha value is -8.96. The summed E-state index contributed by atoms with van der Waals surface area (Å²) in [5, 5.41) is 12.8. The van der Waals surface area contributed by atoms with Crippen LogP contribution in [0.1, 0.15) is 0 Å². The van der Waals surface area contributed by atoms with E-state index in [-0.39, 0.29) is 0 Å². The molecule has 0 unspecified atom stereocenters. The van der Waals surface area contributed by atoms with Gasteiger partial charge in [0.2, 0.25) is 0 Å². The van der Waals surface area contributed by atoms with Crippen molar-refractivity contribution in [3.8, 4) is 28.2 Å². The fraction of sp³-hybridized carbons (Fsp3) is 0. The van der Waals surface area contributed by atoms with E-state index in [1.165, 1.54) is 86.3 Å². The Labute approximate surface area is 407 Å². The summed E-state index contributed by atoms with van der Waals surface area (Å²) in [6, 6.07) is 102. The largest absolute Gasteiger partial charge is 0.309 e. The average Bonchev–Trinajstić information content (AvgIpc) is 4.08. The SMILES string of the molecule is c1ccc(-c2ccc(-n3c4ccccc4c4c(-n5c6cc(-n7c8ccccc8c8ccccc87)ccc6c6cccc([Si](c7ccccc7)(c7ccccc7)c7ccccc7)c65)cccc43)cc2)cc1. The van der Waals surface area contributed by atoms with Gasteiger partial charge in [0.25, 0.3) is 0 Å². The van der Waals surface area contributed by atoms with E-state index in [1.807, 2.05) is 0 Å². The van der Waals surface area contributed by atoms with Gasteiger partial charge >= 0.3 is 0 Å². The Morgan fingerprint density at radius 3 is 1.29 bits per heavy atom. The highest BCUT2D eigenvalue weighted by Crippen LogP contribution is 2.42. The van der Waals surface area contributed by atoms with Gasteiger partial charge in [-0.05, 0) is 86.5 Å². The van der Waals surface area contributed by atoms with Gasteiger partial charge in [0.15, 0.2) is 8.07 Å². The molecule has 328 valence electrons. The second-order valence-electron chi connectivity index (χ2n) is 18.4. The van der Waals surface area contributed by atoms with Crippen molar-refractivity contribution in [1.82, 2.24) is 13.7 Å². The van der Waals surface area contributed by atoms with Crippen molar-refractivity contribution in [2.24, 2.45) is 0 Å². The predicted octanol–water partition coefficient (Wildman–Crippen LogP) is 14.0. The molecule has 14 aromatic rings. The van der Waals surface area contributed by atoms with Gasteiger partial charge in [0, 0.05) is 43.7 Å². The van der Waals surface area contributed by atoms with Crippen LogP contribution in [0.15, 0.2) is 273 Å². The fourth-order valence-corrected chi connectivity index (χ4v) is 16.8. The van der Waals surface area contributed by atoms with E-state index >= 15 is 0 Å². The summed E-state index contributed by atoms with van der Waals surface area (Å²) in [5.74, 6) is 0. The quantitative estimate of drug-likeness (QED) is 0.107. The van der Waals surface area contributed by atoms with Crippen molar-refractivity contribution < 1.29 is 0 Å². The summed E-state index contributed by atoms with van der Waals surface area (Å²) in [6.07, 6.45) is 0. The number of fused-ring (bicyclic) bond motifs is 9. The minimum atomic E-state index is -3.06. The molecule has 0 aliphatic rings. The maximum Gasteiger partial charge on any atom is 0.181 e. The van der Waals surface area contributed by atoms with Crippen LogP contribution < -0.4 is 20.7 Å². The number of hydrogen-bond acceptors (Lipinski definition) is 0. The van der Waals surface area contributed by atoms with Crippen LogP contribution in [0.5, 0.6) is 0 Å². The molecular formula is C66H45N3Si. The fourth-order valence-electron chi connectivity index (χ4n) is 11.9. The summed E-state index contributed by atoms with van der Waals surface area (Å²) >= 11 is 0. The molecule has 14 rings (SSSR count). The van der Waals surface area contributed by atoms with E-state index in [0.29, 0.717) is 0 Å². The molecule has 0 spiro atoms. The average molecular weight is 908 g/mol. The molecule has 0 N–H and O–H groups in total. The molecule has 70 heavy (non-hydrogen) atoms. The van der Waals surface area contributed by atoms with E-state index in [2.05, 4.69) is 287 Å². The molecular weight excluding hydrogens is 863 g/mol. The van der Waals surface area contributed by atoms with Crippen molar-refractivity contribution in [3.63, 3.8) is 0 Å². The highest BCUT2D eigenvalue weighted by atomic mass is 28.3. The smallest absolute Gasteiger partial charge is 0.181 e. The zero-order chi connectivity index (χ0) is 46.2. The van der Waals surface area contributed by atoms with E-state index in [4.69, 9.17) is 0 Å². The van der Waals surface area contributed by atoms with Crippen LogP contribution in [0.3, 0.4) is 0 Å². The summed E-state index contributed by atoms with van der Waals surface area (Å²) in [7, 11) is -3.06. The van der Waals surface area contributed by atoms with Crippen LogP contribution >= 0.6 is 0 Å². The molecule has 3 nitrogen and oxygen atoms in total. The van der Waals surface area contributed by atoms with Gasteiger partial charge in [-0.15, -0.1) is 0 Å². The maximum absolute atomic E-state index is 3.06. The molecule has 0 aliphatic heterocycles. The summed E-state index contributed by atoms with van der Waals surface area (Å²) in [4.78, 5) is 0. The zero-order valence-corrected chi connectivity index (χ0v) is 39.3. The lowest BCUT2D eigenvalue weighted by molar-refractivity contribution is 1.16. The first-order valence-corrected chi connectivity index (χ1v) is 26.2. The Balaban J connectivity index is 1.14. The van der Waals surface area contributed by atoms with Gasteiger partial charge in [0.05, 0.1) is 38.8 Å². The molecule has 0 fully saturated rings. The molecule has 0 radical (unpaired) electrons. The third kappa shape index (κ3) is 5.94. The van der Waals surface area contributed by atoms with Gasteiger partial charge in [0.1, 0.15) is 0 Å². The van der Waals surface area contributed by atoms with Crippen LogP contribution in [-0.2, 0) is 0 Å². The van der Waals surface area contributed by atoms with Crippen LogP contribution in [0.2, 0.25) is 0 Å². The first-order chi connectivity index (χ1) is 34.8. The molecule has 3 heterocycles. The van der Waals surface area contributed by atoms with E-state index in [9.17, 15) is 0 Å². The number of rotatable bonds is 8. The standard InChI is InChI=1S/C66H45N3Si/c1-5-21-46(22-6-1)47-39-41-48(42-40-47)67-60-35-18-15-31-57(60)65-61(67)36-20-37-62(65)69-63-45-49(68-58-33-16-13-29-53(58)54-30-14-17-34-59(54)68)43-44-55(63)56-32-19-38-64(66(56)69)70(50-23-7-2-8-24-50,51-25-9-3-10-26-51)52-27-11-4-12-28-52/h1-45H. The third-order valence-electron chi connectivity index (χ3n) is 14.8. The Morgan fingerprint density at radius 2 is 0.686 bits per heavy atom. The maximum atomic E-state index is 2.64. The molecule has 0 amide bonds. The van der Waals surface area contributed by atoms with Crippen molar-refractivity contribution in [3.05, 3.63) is 273 Å². The van der Waals surface area contributed by atoms with Crippen LogP contribution in [0.25, 0.3) is 93.6 Å². The van der Waals surface area contributed by atoms with Crippen molar-refractivity contribution in [2.75, 3.05) is 0 Å². The second-order valence-corrected chi connectivity index (χ2v) is 22.2. The number of para-hydroxylation sites is 4. The van der Waals surface area contributed by atoms with Crippen molar-refractivity contribution >= 4 is 94.2 Å². The third-order valence-corrected chi connectivity index (χ3v) is 19.6. The lowest BCUT2D eigenvalue weighted by atomic mass is 10.1. The Kier molecular flexibility index (Phi) is 9.23. The predicted molar refractivity (Wildman–Crippen MR) is 299 cm³/mol. The van der Waals surface area contributed by atoms with E-state index < -0.39 is 8.07 Å². The van der Waals surface area contributed by atoms with Crippen LogP contribution in [0, 0.1) is 0 Å².